The van der Waals surface area contributed by atoms with Gasteiger partial charge in [-0.2, -0.15) is 0 Å². The summed E-state index contributed by atoms with van der Waals surface area (Å²) >= 11 is 0. The van der Waals surface area contributed by atoms with Crippen LogP contribution in [-0.4, -0.2) is 69.2 Å². The highest BCUT2D eigenvalue weighted by atomic mass is 16.4. The number of carbonyl (C=O) groups is 2. The molecule has 1 aliphatic rings. The van der Waals surface area contributed by atoms with Crippen molar-refractivity contribution in [2.45, 2.75) is 19.5 Å². The van der Waals surface area contributed by atoms with Gasteiger partial charge in [0.05, 0.1) is 5.56 Å². The number of rotatable bonds is 7. The number of piperazine rings is 1. The van der Waals surface area contributed by atoms with Gasteiger partial charge in [0.15, 0.2) is 0 Å². The summed E-state index contributed by atoms with van der Waals surface area (Å²) in [6.07, 6.45) is 1.88. The number of nitrogens with zero attached hydrogens (tertiary/aromatic N) is 3. The van der Waals surface area contributed by atoms with E-state index in [0.29, 0.717) is 30.6 Å². The molecular weight excluding hydrogens is 394 g/mol. The molecule has 1 aliphatic heterocycles. The molecule has 4 rings (SSSR count). The van der Waals surface area contributed by atoms with Crippen molar-refractivity contribution in [1.82, 2.24) is 14.4 Å². The number of fused-ring (bicyclic) bond motifs is 1. The van der Waals surface area contributed by atoms with E-state index >= 15 is 0 Å². The van der Waals surface area contributed by atoms with Crippen LogP contribution in [0.1, 0.15) is 34.5 Å². The van der Waals surface area contributed by atoms with Crippen LogP contribution in [0.2, 0.25) is 0 Å². The molecule has 0 bridgehead atoms. The largest absolute Gasteiger partial charge is 0.480 e. The minimum Gasteiger partial charge on any atom is -0.480 e. The van der Waals surface area contributed by atoms with Crippen molar-refractivity contribution in [2.24, 2.45) is 0 Å². The van der Waals surface area contributed by atoms with E-state index in [-0.39, 0.29) is 5.56 Å². The second kappa shape index (κ2) is 8.91. The molecule has 1 atom stereocenters. The van der Waals surface area contributed by atoms with Gasteiger partial charge in [-0.1, -0.05) is 37.3 Å². The number of hydrogen-bond donors (Lipinski definition) is 2. The second-order valence-corrected chi connectivity index (χ2v) is 7.95. The highest BCUT2D eigenvalue weighted by Gasteiger charge is 2.32. The van der Waals surface area contributed by atoms with E-state index in [1.807, 2.05) is 46.0 Å². The van der Waals surface area contributed by atoms with Crippen LogP contribution in [0.3, 0.4) is 0 Å². The van der Waals surface area contributed by atoms with Crippen molar-refractivity contribution in [1.29, 1.82) is 0 Å². The van der Waals surface area contributed by atoms with Gasteiger partial charge in [0.2, 0.25) is 0 Å². The molecule has 2 aromatic carbocycles. The summed E-state index contributed by atoms with van der Waals surface area (Å²) < 4.78 is 2.02. The van der Waals surface area contributed by atoms with E-state index < -0.39 is 18.0 Å². The maximum atomic E-state index is 12.4. The summed E-state index contributed by atoms with van der Waals surface area (Å²) in [4.78, 5) is 28.3. The number of benzene rings is 2. The zero-order chi connectivity index (χ0) is 22.0. The summed E-state index contributed by atoms with van der Waals surface area (Å²) in [5.74, 6) is -1.93. The summed E-state index contributed by atoms with van der Waals surface area (Å²) in [6.45, 7) is 6.61. The van der Waals surface area contributed by atoms with E-state index in [4.69, 9.17) is 0 Å². The first kappa shape index (κ1) is 21.1. The zero-order valence-corrected chi connectivity index (χ0v) is 17.6. The molecule has 0 radical (unpaired) electrons. The van der Waals surface area contributed by atoms with Crippen molar-refractivity contribution < 1.29 is 19.8 Å². The number of likely N-dealkylation sites (N-methyl/N-ethyl adjacent to an activating group) is 1. The van der Waals surface area contributed by atoms with Crippen LogP contribution in [0.15, 0.2) is 54.7 Å². The molecule has 7 heteroatoms. The van der Waals surface area contributed by atoms with E-state index in [9.17, 15) is 19.8 Å². The van der Waals surface area contributed by atoms with Gasteiger partial charge in [-0.25, -0.2) is 4.79 Å². The monoisotopic (exact) mass is 421 g/mol. The molecule has 0 saturated carbocycles. The molecule has 0 aliphatic carbocycles. The van der Waals surface area contributed by atoms with Gasteiger partial charge in [0.1, 0.15) is 6.04 Å². The van der Waals surface area contributed by atoms with Crippen LogP contribution in [-0.2, 0) is 11.3 Å². The maximum Gasteiger partial charge on any atom is 0.335 e. The lowest BCUT2D eigenvalue weighted by atomic mass is 10.0. The third-order valence-electron chi connectivity index (χ3n) is 6.10. The lowest BCUT2D eigenvalue weighted by Crippen LogP contribution is -2.49. The quantitative estimate of drug-likeness (QED) is 0.610. The van der Waals surface area contributed by atoms with Crippen LogP contribution < -0.4 is 0 Å². The summed E-state index contributed by atoms with van der Waals surface area (Å²) in [7, 11) is 0. The smallest absolute Gasteiger partial charge is 0.335 e. The fraction of sp³-hybridized carbons (Fsp3) is 0.333. The fourth-order valence-corrected chi connectivity index (χ4v) is 4.41. The average Bonchev–Trinajstić information content (AvgIpc) is 3.12. The first-order valence-corrected chi connectivity index (χ1v) is 10.6. The van der Waals surface area contributed by atoms with Gasteiger partial charge in [0, 0.05) is 55.4 Å². The molecule has 1 saturated heterocycles. The van der Waals surface area contributed by atoms with E-state index in [1.165, 1.54) is 0 Å². The molecule has 0 amide bonds. The van der Waals surface area contributed by atoms with Crippen LogP contribution in [0, 0.1) is 0 Å². The molecule has 3 aromatic rings. The highest BCUT2D eigenvalue weighted by molar-refractivity contribution is 5.96. The Morgan fingerprint density at radius 2 is 1.71 bits per heavy atom. The van der Waals surface area contributed by atoms with Crippen molar-refractivity contribution in [2.75, 3.05) is 32.7 Å². The van der Waals surface area contributed by atoms with Crippen LogP contribution in [0.25, 0.3) is 10.9 Å². The second-order valence-electron chi connectivity index (χ2n) is 7.95. The Hall–Kier alpha value is -3.16. The molecule has 1 aromatic heterocycles. The third-order valence-corrected chi connectivity index (χ3v) is 6.10. The van der Waals surface area contributed by atoms with Crippen molar-refractivity contribution in [3.63, 3.8) is 0 Å². The van der Waals surface area contributed by atoms with E-state index in [1.54, 1.807) is 18.2 Å². The minimum absolute atomic E-state index is 0.158. The first-order chi connectivity index (χ1) is 15.0. The summed E-state index contributed by atoms with van der Waals surface area (Å²) in [5, 5.41) is 20.3. The van der Waals surface area contributed by atoms with Gasteiger partial charge in [-0.3, -0.25) is 9.69 Å². The Morgan fingerprint density at radius 1 is 1.00 bits per heavy atom. The maximum absolute atomic E-state index is 12.4. The Balaban J connectivity index is 1.79. The lowest BCUT2D eigenvalue weighted by molar-refractivity contribution is -0.144. The molecule has 2 N–H and O–H groups in total. The van der Waals surface area contributed by atoms with Gasteiger partial charge in [0.25, 0.3) is 0 Å². The number of aromatic nitrogens is 1. The molecule has 1 fully saturated rings. The number of aliphatic carboxylic acids is 1. The van der Waals surface area contributed by atoms with Crippen LogP contribution >= 0.6 is 0 Å². The number of carboxylic acid groups (broad SMARTS) is 2. The van der Waals surface area contributed by atoms with Crippen LogP contribution in [0.5, 0.6) is 0 Å². The molecular formula is C24H27N3O4. The standard InChI is InChI=1S/C24H27N3O4/c1-2-25-10-12-26(13-11-25)22(24(30)31)20-16-27(15-17-6-4-3-5-7-17)21-9-8-18(23(28)29)14-19(20)21/h3-9,14,16,22H,2,10-13,15H2,1H3,(H,28,29)(H,30,31)/t22-/m1/s1. The van der Waals surface area contributed by atoms with Crippen LogP contribution in [0.4, 0.5) is 0 Å². The van der Waals surface area contributed by atoms with Gasteiger partial charge < -0.3 is 19.7 Å². The van der Waals surface area contributed by atoms with Gasteiger partial charge in [-0.15, -0.1) is 0 Å². The average molecular weight is 421 g/mol. The molecule has 2 heterocycles. The molecule has 7 nitrogen and oxygen atoms in total. The van der Waals surface area contributed by atoms with Crippen molar-refractivity contribution >= 4 is 22.8 Å². The normalized spacial score (nSPS) is 16.4. The van der Waals surface area contributed by atoms with Gasteiger partial charge >= 0.3 is 11.9 Å². The van der Waals surface area contributed by atoms with Gasteiger partial charge in [-0.05, 0) is 30.3 Å². The fourth-order valence-electron chi connectivity index (χ4n) is 4.41. The molecule has 31 heavy (non-hydrogen) atoms. The van der Waals surface area contributed by atoms with E-state index in [2.05, 4.69) is 11.8 Å². The first-order valence-electron chi connectivity index (χ1n) is 10.6. The topological polar surface area (TPSA) is 86.0 Å². The summed E-state index contributed by atoms with van der Waals surface area (Å²) in [5.41, 5.74) is 2.73. The Morgan fingerprint density at radius 3 is 2.32 bits per heavy atom. The number of carboxylic acids is 2. The molecule has 0 spiro atoms. The highest BCUT2D eigenvalue weighted by Crippen LogP contribution is 2.32. The Kier molecular flexibility index (Phi) is 6.06. The predicted molar refractivity (Wildman–Crippen MR) is 119 cm³/mol. The van der Waals surface area contributed by atoms with Crippen molar-refractivity contribution in [3.05, 3.63) is 71.4 Å². The third kappa shape index (κ3) is 4.33. The molecule has 162 valence electrons. The Labute approximate surface area is 181 Å². The Bertz CT molecular complexity index is 1080. The number of hydrogen-bond acceptors (Lipinski definition) is 4. The van der Waals surface area contributed by atoms with E-state index in [0.717, 1.165) is 30.7 Å². The summed E-state index contributed by atoms with van der Waals surface area (Å²) in [6, 6.07) is 14.1. The minimum atomic E-state index is -1.02. The molecule has 0 unspecified atom stereocenters. The SMILES string of the molecule is CCN1CCN([C@@H](C(=O)O)c2cn(Cc3ccccc3)c3ccc(C(=O)O)cc23)CC1. The number of aromatic carboxylic acids is 1. The predicted octanol–water partition coefficient (Wildman–Crippen LogP) is 3.15. The zero-order valence-electron chi connectivity index (χ0n) is 17.6. The van der Waals surface area contributed by atoms with Crippen molar-refractivity contribution in [3.8, 4) is 0 Å². The lowest BCUT2D eigenvalue weighted by Gasteiger charge is -2.37.